The number of carbonyl (C=O) groups excluding carboxylic acids is 1. The minimum absolute atomic E-state index is 0.0314. The van der Waals surface area contributed by atoms with E-state index in [2.05, 4.69) is 5.32 Å². The summed E-state index contributed by atoms with van der Waals surface area (Å²) < 4.78 is 27.4. The Morgan fingerprint density at radius 3 is 2.48 bits per heavy atom. The van der Waals surface area contributed by atoms with Gasteiger partial charge in [-0.2, -0.15) is 4.31 Å². The van der Waals surface area contributed by atoms with Crippen molar-refractivity contribution in [1.29, 1.82) is 0 Å². The Kier molecular flexibility index (Phi) is 7.25. The summed E-state index contributed by atoms with van der Waals surface area (Å²) in [7, 11) is -3.72. The van der Waals surface area contributed by atoms with Crippen molar-refractivity contribution in [3.05, 3.63) is 28.8 Å². The third kappa shape index (κ3) is 5.67. The lowest BCUT2D eigenvalue weighted by Crippen LogP contribution is -2.42. The van der Waals surface area contributed by atoms with Crippen LogP contribution in [0.5, 0.6) is 0 Å². The molecule has 0 spiro atoms. The van der Waals surface area contributed by atoms with Gasteiger partial charge in [0.1, 0.15) is 0 Å². The van der Waals surface area contributed by atoms with E-state index in [1.165, 1.54) is 22.5 Å². The molecule has 0 aliphatic carbocycles. The molecule has 0 unspecified atom stereocenters. The number of aliphatic carboxylic acids is 1. The average molecular weight is 417 g/mol. The summed E-state index contributed by atoms with van der Waals surface area (Å²) in [6.45, 7) is 5.11. The van der Waals surface area contributed by atoms with E-state index in [1.807, 2.05) is 13.8 Å². The largest absolute Gasteiger partial charge is 0.481 e. The molecule has 7 nitrogen and oxygen atoms in total. The first-order valence-electron chi connectivity index (χ1n) is 8.91. The maximum atomic E-state index is 13.0. The molecule has 1 aromatic rings. The zero-order valence-electron chi connectivity index (χ0n) is 15.4. The molecule has 1 aliphatic rings. The first-order valence-corrected chi connectivity index (χ1v) is 10.7. The minimum Gasteiger partial charge on any atom is -0.481 e. The highest BCUT2D eigenvalue weighted by molar-refractivity contribution is 7.89. The third-order valence-corrected chi connectivity index (χ3v) is 6.67. The molecule has 150 valence electrons. The smallest absolute Gasteiger partial charge is 0.303 e. The van der Waals surface area contributed by atoms with Crippen LogP contribution in [0.15, 0.2) is 23.1 Å². The quantitative estimate of drug-likeness (QED) is 0.665. The zero-order valence-corrected chi connectivity index (χ0v) is 17.0. The van der Waals surface area contributed by atoms with Gasteiger partial charge in [-0.25, -0.2) is 8.42 Å². The van der Waals surface area contributed by atoms with Crippen LogP contribution in [-0.4, -0.2) is 49.3 Å². The molecule has 27 heavy (non-hydrogen) atoms. The van der Waals surface area contributed by atoms with Crippen LogP contribution in [0.1, 0.15) is 43.5 Å². The van der Waals surface area contributed by atoms with Crippen molar-refractivity contribution in [3.63, 3.8) is 0 Å². The predicted molar refractivity (Wildman–Crippen MR) is 102 cm³/mol. The monoisotopic (exact) mass is 416 g/mol. The van der Waals surface area contributed by atoms with E-state index in [0.29, 0.717) is 13.1 Å². The number of hydrogen-bond donors (Lipinski definition) is 2. The zero-order chi connectivity index (χ0) is 20.2. The Morgan fingerprint density at radius 2 is 1.89 bits per heavy atom. The van der Waals surface area contributed by atoms with E-state index in [1.54, 1.807) is 0 Å². The average Bonchev–Trinajstić information content (AvgIpc) is 2.57. The molecule has 1 aliphatic heterocycles. The molecular weight excluding hydrogens is 392 g/mol. The summed E-state index contributed by atoms with van der Waals surface area (Å²) in [5.74, 6) is -0.927. The lowest BCUT2D eigenvalue weighted by Gasteiger charge is -2.34. The van der Waals surface area contributed by atoms with Crippen molar-refractivity contribution < 1.29 is 23.1 Å². The summed E-state index contributed by atoms with van der Waals surface area (Å²) in [6.07, 6.45) is 1.20. The standard InChI is InChI=1S/C18H25ClN2O5S/c1-12-8-13(2)11-21(10-12)27(25,26)14-5-6-16(19)15(9-14)18(24)20-7-3-4-17(22)23/h5-6,9,12-13H,3-4,7-8,10-11H2,1-2H3,(H,20,24)(H,22,23)/t12-,13+. The van der Waals surface area contributed by atoms with Gasteiger partial charge in [0.2, 0.25) is 10.0 Å². The first kappa shape index (κ1) is 21.7. The fourth-order valence-electron chi connectivity index (χ4n) is 3.33. The normalized spacial score (nSPS) is 21.0. The van der Waals surface area contributed by atoms with Gasteiger partial charge < -0.3 is 10.4 Å². The van der Waals surface area contributed by atoms with E-state index >= 15 is 0 Å². The molecule has 2 atom stereocenters. The molecular formula is C18H25ClN2O5S. The van der Waals surface area contributed by atoms with E-state index in [0.717, 1.165) is 6.42 Å². The summed E-state index contributed by atoms with van der Waals surface area (Å²) >= 11 is 6.07. The lowest BCUT2D eigenvalue weighted by molar-refractivity contribution is -0.137. The van der Waals surface area contributed by atoms with Crippen molar-refractivity contribution in [2.45, 2.75) is 38.0 Å². The number of amides is 1. The van der Waals surface area contributed by atoms with E-state index in [4.69, 9.17) is 16.7 Å². The van der Waals surface area contributed by atoms with Gasteiger partial charge in [-0.05, 0) is 42.9 Å². The number of benzene rings is 1. The summed E-state index contributed by atoms with van der Waals surface area (Å²) in [5.41, 5.74) is 0.0613. The number of nitrogens with one attached hydrogen (secondary N) is 1. The van der Waals surface area contributed by atoms with Crippen LogP contribution in [0.25, 0.3) is 0 Å². The Labute approximate surface area is 164 Å². The number of halogens is 1. The van der Waals surface area contributed by atoms with Crippen LogP contribution >= 0.6 is 11.6 Å². The summed E-state index contributed by atoms with van der Waals surface area (Å²) in [6, 6.07) is 4.09. The molecule has 2 rings (SSSR count). The number of hydrogen-bond acceptors (Lipinski definition) is 4. The van der Waals surface area contributed by atoms with Gasteiger partial charge in [0, 0.05) is 26.1 Å². The molecule has 0 saturated carbocycles. The van der Waals surface area contributed by atoms with Crippen molar-refractivity contribution in [2.75, 3.05) is 19.6 Å². The molecule has 1 heterocycles. The van der Waals surface area contributed by atoms with Crippen molar-refractivity contribution in [1.82, 2.24) is 9.62 Å². The molecule has 0 aromatic heterocycles. The van der Waals surface area contributed by atoms with Gasteiger partial charge >= 0.3 is 5.97 Å². The Bertz CT molecular complexity index is 802. The number of rotatable bonds is 7. The highest BCUT2D eigenvalue weighted by atomic mass is 35.5. The highest BCUT2D eigenvalue weighted by Gasteiger charge is 2.32. The molecule has 0 bridgehead atoms. The molecule has 1 amide bonds. The van der Waals surface area contributed by atoms with Gasteiger partial charge in [0.25, 0.3) is 5.91 Å². The molecule has 0 radical (unpaired) electrons. The first-order chi connectivity index (χ1) is 12.6. The van der Waals surface area contributed by atoms with Gasteiger partial charge in [0.05, 0.1) is 15.5 Å². The molecule has 2 N–H and O–H groups in total. The maximum absolute atomic E-state index is 13.0. The number of carbonyl (C=O) groups is 2. The summed E-state index contributed by atoms with van der Waals surface area (Å²) in [4.78, 5) is 22.9. The van der Waals surface area contributed by atoms with Gasteiger partial charge in [-0.3, -0.25) is 9.59 Å². The second kappa shape index (κ2) is 9.03. The molecule has 1 fully saturated rings. The van der Waals surface area contributed by atoms with E-state index < -0.39 is 21.9 Å². The highest BCUT2D eigenvalue weighted by Crippen LogP contribution is 2.28. The van der Waals surface area contributed by atoms with Crippen LogP contribution in [0, 0.1) is 11.8 Å². The fraction of sp³-hybridized carbons (Fsp3) is 0.556. The van der Waals surface area contributed by atoms with Gasteiger partial charge in [-0.15, -0.1) is 0 Å². The molecule has 1 saturated heterocycles. The number of nitrogens with zero attached hydrogens (tertiary/aromatic N) is 1. The second-order valence-electron chi connectivity index (χ2n) is 7.16. The van der Waals surface area contributed by atoms with Crippen molar-refractivity contribution in [3.8, 4) is 0 Å². The number of carboxylic acids is 1. The van der Waals surface area contributed by atoms with Crippen LogP contribution in [0.3, 0.4) is 0 Å². The number of sulfonamides is 1. The molecule has 9 heteroatoms. The Morgan fingerprint density at radius 1 is 1.26 bits per heavy atom. The maximum Gasteiger partial charge on any atom is 0.303 e. The number of carboxylic acid groups (broad SMARTS) is 1. The Hall–Kier alpha value is -1.64. The van der Waals surface area contributed by atoms with Crippen LogP contribution in [-0.2, 0) is 14.8 Å². The van der Waals surface area contributed by atoms with Crippen molar-refractivity contribution in [2.24, 2.45) is 11.8 Å². The van der Waals surface area contributed by atoms with Crippen LogP contribution < -0.4 is 5.32 Å². The minimum atomic E-state index is -3.72. The second-order valence-corrected chi connectivity index (χ2v) is 9.51. The SMILES string of the molecule is C[C@@H]1C[C@H](C)CN(S(=O)(=O)c2ccc(Cl)c(C(=O)NCCCC(=O)O)c2)C1. The van der Waals surface area contributed by atoms with Gasteiger partial charge in [-0.1, -0.05) is 25.4 Å². The van der Waals surface area contributed by atoms with Crippen molar-refractivity contribution >= 4 is 33.5 Å². The third-order valence-electron chi connectivity index (χ3n) is 4.51. The lowest BCUT2D eigenvalue weighted by atomic mass is 9.94. The van der Waals surface area contributed by atoms with Gasteiger partial charge in [0.15, 0.2) is 0 Å². The molecule has 1 aromatic carbocycles. The summed E-state index contributed by atoms with van der Waals surface area (Å²) in [5, 5.41) is 11.3. The topological polar surface area (TPSA) is 104 Å². The number of piperidine rings is 1. The van der Waals surface area contributed by atoms with Crippen LogP contribution in [0.4, 0.5) is 0 Å². The fourth-order valence-corrected chi connectivity index (χ4v) is 5.24. The van der Waals surface area contributed by atoms with E-state index in [-0.39, 0.29) is 46.7 Å². The Balaban J connectivity index is 2.18. The van der Waals surface area contributed by atoms with Crippen LogP contribution in [0.2, 0.25) is 5.02 Å². The van der Waals surface area contributed by atoms with E-state index in [9.17, 15) is 18.0 Å². The predicted octanol–water partition coefficient (Wildman–Crippen LogP) is 2.60.